The smallest absolute Gasteiger partial charge is 0.222 e. The maximum Gasteiger partial charge on any atom is 0.222 e. The monoisotopic (exact) mass is 331 g/mol. The van der Waals surface area contributed by atoms with Crippen LogP contribution in [0.4, 0.5) is 0 Å². The molecule has 1 fully saturated rings. The molecule has 134 valence electrons. The molecule has 1 amide bonds. The highest BCUT2D eigenvalue weighted by Gasteiger charge is 2.26. The van der Waals surface area contributed by atoms with Crippen molar-refractivity contribution in [1.82, 2.24) is 9.80 Å². The van der Waals surface area contributed by atoms with Crippen LogP contribution in [0.1, 0.15) is 44.6 Å². The zero-order valence-corrected chi connectivity index (χ0v) is 15.1. The predicted octanol–water partition coefficient (Wildman–Crippen LogP) is 2.67. The highest BCUT2D eigenvalue weighted by atomic mass is 16.2. The molecular weight excluding hydrogens is 298 g/mol. The maximum absolute atomic E-state index is 12.3. The van der Waals surface area contributed by atoms with Gasteiger partial charge in [-0.05, 0) is 44.2 Å². The van der Waals surface area contributed by atoms with E-state index in [4.69, 9.17) is 5.73 Å². The van der Waals surface area contributed by atoms with Gasteiger partial charge in [0.25, 0.3) is 0 Å². The third kappa shape index (κ3) is 5.91. The number of unbranched alkanes of at least 4 members (excludes halogenated alkanes) is 1. The zero-order chi connectivity index (χ0) is 17.2. The second-order valence-corrected chi connectivity index (χ2v) is 6.74. The van der Waals surface area contributed by atoms with Gasteiger partial charge in [-0.2, -0.15) is 0 Å². The molecule has 2 rings (SSSR count). The molecule has 0 spiro atoms. The number of carbonyl (C=O) groups excluding carboxylic acids is 1. The molecule has 4 nitrogen and oxygen atoms in total. The van der Waals surface area contributed by atoms with Crippen molar-refractivity contribution in [2.45, 2.75) is 51.5 Å². The van der Waals surface area contributed by atoms with Crippen molar-refractivity contribution < 1.29 is 4.79 Å². The van der Waals surface area contributed by atoms with Crippen LogP contribution in [0.25, 0.3) is 0 Å². The van der Waals surface area contributed by atoms with Crippen LogP contribution >= 0.6 is 0 Å². The van der Waals surface area contributed by atoms with Crippen LogP contribution in [0.15, 0.2) is 30.3 Å². The quantitative estimate of drug-likeness (QED) is 0.708. The zero-order valence-electron chi connectivity index (χ0n) is 15.1. The van der Waals surface area contributed by atoms with E-state index < -0.39 is 0 Å². The number of hydrogen-bond acceptors (Lipinski definition) is 3. The molecule has 0 radical (unpaired) electrons. The molecule has 1 aliphatic heterocycles. The third-order valence-electron chi connectivity index (χ3n) is 5.03. The number of amides is 1. The summed E-state index contributed by atoms with van der Waals surface area (Å²) in [6.07, 6.45) is 5.95. The predicted molar refractivity (Wildman–Crippen MR) is 99.9 cm³/mol. The van der Waals surface area contributed by atoms with Crippen LogP contribution in [-0.2, 0) is 11.2 Å². The van der Waals surface area contributed by atoms with Gasteiger partial charge in [0.2, 0.25) is 5.91 Å². The molecule has 1 heterocycles. The van der Waals surface area contributed by atoms with Gasteiger partial charge in [-0.3, -0.25) is 4.79 Å². The molecular formula is C20H33N3O. The summed E-state index contributed by atoms with van der Waals surface area (Å²) in [5.41, 5.74) is 7.00. The van der Waals surface area contributed by atoms with E-state index in [1.807, 2.05) is 6.92 Å². The number of nitrogens with zero attached hydrogens (tertiary/aromatic N) is 2. The van der Waals surface area contributed by atoms with Crippen molar-refractivity contribution in [3.63, 3.8) is 0 Å². The Kier molecular flexibility index (Phi) is 8.26. The Hall–Kier alpha value is -1.39. The molecule has 1 aromatic carbocycles. The average Bonchev–Trinajstić information content (AvgIpc) is 2.64. The summed E-state index contributed by atoms with van der Waals surface area (Å²) in [5, 5.41) is 0. The summed E-state index contributed by atoms with van der Waals surface area (Å²) in [6.45, 7) is 6.87. The summed E-state index contributed by atoms with van der Waals surface area (Å²) in [4.78, 5) is 16.9. The Labute approximate surface area is 147 Å². The fourth-order valence-corrected chi connectivity index (χ4v) is 3.53. The number of nitrogens with two attached hydrogens (primary N) is 1. The summed E-state index contributed by atoms with van der Waals surface area (Å²) in [6, 6.07) is 11.1. The summed E-state index contributed by atoms with van der Waals surface area (Å²) in [7, 11) is 0. The van der Waals surface area contributed by atoms with Gasteiger partial charge >= 0.3 is 0 Å². The van der Waals surface area contributed by atoms with Gasteiger partial charge in [0.05, 0.1) is 0 Å². The SMILES string of the molecule is CCC(=O)N(CCCCN)C1CCN(CCc2ccccc2)CC1. The molecule has 2 N–H and O–H groups in total. The van der Waals surface area contributed by atoms with Crippen LogP contribution in [0.2, 0.25) is 0 Å². The van der Waals surface area contributed by atoms with Crippen molar-refractivity contribution in [3.8, 4) is 0 Å². The lowest BCUT2D eigenvalue weighted by molar-refractivity contribution is -0.134. The Morgan fingerprint density at radius 3 is 2.54 bits per heavy atom. The van der Waals surface area contributed by atoms with E-state index in [0.29, 0.717) is 24.9 Å². The van der Waals surface area contributed by atoms with Crippen LogP contribution in [0.5, 0.6) is 0 Å². The van der Waals surface area contributed by atoms with E-state index in [9.17, 15) is 4.79 Å². The normalized spacial score (nSPS) is 16.2. The molecule has 1 aliphatic rings. The van der Waals surface area contributed by atoms with Crippen molar-refractivity contribution in [3.05, 3.63) is 35.9 Å². The van der Waals surface area contributed by atoms with Gasteiger partial charge in [-0.25, -0.2) is 0 Å². The molecule has 1 saturated heterocycles. The molecule has 1 aromatic rings. The first kappa shape index (κ1) is 18.9. The third-order valence-corrected chi connectivity index (χ3v) is 5.03. The Balaban J connectivity index is 1.77. The fraction of sp³-hybridized carbons (Fsp3) is 0.650. The van der Waals surface area contributed by atoms with Gasteiger partial charge in [0.15, 0.2) is 0 Å². The van der Waals surface area contributed by atoms with E-state index in [1.54, 1.807) is 0 Å². The molecule has 0 aliphatic carbocycles. The average molecular weight is 332 g/mol. The molecule has 0 unspecified atom stereocenters. The number of likely N-dealkylation sites (tertiary alicyclic amines) is 1. The summed E-state index contributed by atoms with van der Waals surface area (Å²) < 4.78 is 0. The van der Waals surface area contributed by atoms with Crippen LogP contribution in [0.3, 0.4) is 0 Å². The number of hydrogen-bond donors (Lipinski definition) is 1. The van der Waals surface area contributed by atoms with Gasteiger partial charge in [0, 0.05) is 38.6 Å². The maximum atomic E-state index is 12.3. The lowest BCUT2D eigenvalue weighted by Gasteiger charge is -2.38. The molecule has 0 atom stereocenters. The van der Waals surface area contributed by atoms with Crippen LogP contribution in [-0.4, -0.2) is 54.5 Å². The summed E-state index contributed by atoms with van der Waals surface area (Å²) in [5.74, 6) is 0.301. The van der Waals surface area contributed by atoms with E-state index >= 15 is 0 Å². The lowest BCUT2D eigenvalue weighted by Crippen LogP contribution is -2.48. The number of rotatable bonds is 9. The van der Waals surface area contributed by atoms with E-state index in [1.165, 1.54) is 5.56 Å². The molecule has 0 saturated carbocycles. The molecule has 0 bridgehead atoms. The van der Waals surface area contributed by atoms with Gasteiger partial charge < -0.3 is 15.5 Å². The van der Waals surface area contributed by atoms with Crippen molar-refractivity contribution in [2.75, 3.05) is 32.7 Å². The van der Waals surface area contributed by atoms with Gasteiger partial charge in [-0.15, -0.1) is 0 Å². The molecule has 24 heavy (non-hydrogen) atoms. The van der Waals surface area contributed by atoms with Crippen molar-refractivity contribution in [2.24, 2.45) is 5.73 Å². The first-order valence-electron chi connectivity index (χ1n) is 9.50. The minimum Gasteiger partial charge on any atom is -0.340 e. The van der Waals surface area contributed by atoms with Crippen molar-refractivity contribution >= 4 is 5.91 Å². The van der Waals surface area contributed by atoms with Crippen molar-refractivity contribution in [1.29, 1.82) is 0 Å². The second kappa shape index (κ2) is 10.5. The Morgan fingerprint density at radius 2 is 1.92 bits per heavy atom. The van der Waals surface area contributed by atoms with Gasteiger partial charge in [0.1, 0.15) is 0 Å². The van der Waals surface area contributed by atoms with Crippen LogP contribution < -0.4 is 5.73 Å². The number of benzene rings is 1. The number of carbonyl (C=O) groups is 1. The summed E-state index contributed by atoms with van der Waals surface area (Å²) >= 11 is 0. The first-order chi connectivity index (χ1) is 11.7. The highest BCUT2D eigenvalue weighted by Crippen LogP contribution is 2.18. The minimum absolute atomic E-state index is 0.301. The number of piperidine rings is 1. The van der Waals surface area contributed by atoms with Crippen LogP contribution in [0, 0.1) is 0 Å². The van der Waals surface area contributed by atoms with E-state index in [2.05, 4.69) is 40.1 Å². The Bertz CT molecular complexity index is 469. The Morgan fingerprint density at radius 1 is 1.21 bits per heavy atom. The minimum atomic E-state index is 0.301. The molecule has 4 heteroatoms. The fourth-order valence-electron chi connectivity index (χ4n) is 3.53. The largest absolute Gasteiger partial charge is 0.340 e. The first-order valence-corrected chi connectivity index (χ1v) is 9.50. The lowest BCUT2D eigenvalue weighted by atomic mass is 10.0. The topological polar surface area (TPSA) is 49.6 Å². The second-order valence-electron chi connectivity index (χ2n) is 6.74. The highest BCUT2D eigenvalue weighted by molar-refractivity contribution is 5.76. The molecule has 0 aromatic heterocycles. The van der Waals surface area contributed by atoms with Gasteiger partial charge in [-0.1, -0.05) is 37.3 Å². The standard InChI is InChI=1S/C20H33N3O/c1-2-20(24)23(14-7-6-13-21)19-11-16-22(17-12-19)15-10-18-8-4-3-5-9-18/h3-5,8-9,19H,2,6-7,10-17,21H2,1H3. The van der Waals surface area contributed by atoms with E-state index in [-0.39, 0.29) is 0 Å². The van der Waals surface area contributed by atoms with E-state index in [0.717, 1.165) is 58.3 Å².